The Morgan fingerprint density at radius 1 is 0.824 bits per heavy atom. The van der Waals surface area contributed by atoms with Gasteiger partial charge in [-0.1, -0.05) is 0 Å². The van der Waals surface area contributed by atoms with E-state index in [9.17, 15) is 0 Å². The number of nitrogens with one attached hydrogen (secondary N) is 4. The first-order valence-corrected chi connectivity index (χ1v) is 7.33. The monoisotopic (exact) mass is 240 g/mol. The van der Waals surface area contributed by atoms with Crippen LogP contribution < -0.4 is 21.3 Å². The Balaban J connectivity index is 1.33. The molecule has 0 aromatic carbocycles. The maximum atomic E-state index is 3.54. The van der Waals surface area contributed by atoms with E-state index in [0.29, 0.717) is 0 Å². The lowest BCUT2D eigenvalue weighted by Crippen LogP contribution is -2.37. The van der Waals surface area contributed by atoms with E-state index in [4.69, 9.17) is 0 Å². The molecule has 0 aliphatic carbocycles. The summed E-state index contributed by atoms with van der Waals surface area (Å²) in [6, 6.07) is 1.45. The first-order valence-electron chi connectivity index (χ1n) is 7.33. The minimum absolute atomic E-state index is 0.727. The van der Waals surface area contributed by atoms with Crippen molar-refractivity contribution < 1.29 is 0 Å². The molecule has 4 nitrogen and oxygen atoms in total. The van der Waals surface area contributed by atoms with Gasteiger partial charge in [-0.15, -0.1) is 0 Å². The van der Waals surface area contributed by atoms with Crippen molar-refractivity contribution in [3.05, 3.63) is 0 Å². The van der Waals surface area contributed by atoms with Crippen LogP contribution in [0.4, 0.5) is 0 Å². The highest BCUT2D eigenvalue weighted by atomic mass is 15.0. The SMILES string of the molecule is C(CNCC1CCCN1)CNCC1CCCN1. The fourth-order valence-corrected chi connectivity index (χ4v) is 2.75. The lowest BCUT2D eigenvalue weighted by Gasteiger charge is -2.13. The van der Waals surface area contributed by atoms with Crippen molar-refractivity contribution in [2.24, 2.45) is 0 Å². The fourth-order valence-electron chi connectivity index (χ4n) is 2.75. The molecule has 100 valence electrons. The third kappa shape index (κ3) is 5.34. The predicted octanol–water partition coefficient (Wildman–Crippen LogP) is 0.0597. The molecular weight excluding hydrogens is 212 g/mol. The van der Waals surface area contributed by atoms with E-state index in [0.717, 1.165) is 38.3 Å². The molecule has 4 heteroatoms. The Bertz CT molecular complexity index is 166. The summed E-state index contributed by atoms with van der Waals surface area (Å²) in [4.78, 5) is 0. The van der Waals surface area contributed by atoms with Gasteiger partial charge in [0.1, 0.15) is 0 Å². The zero-order valence-corrected chi connectivity index (χ0v) is 10.9. The minimum atomic E-state index is 0.727. The Morgan fingerprint density at radius 2 is 1.35 bits per heavy atom. The molecule has 2 fully saturated rings. The van der Waals surface area contributed by atoms with Gasteiger partial charge in [0.15, 0.2) is 0 Å². The average molecular weight is 240 g/mol. The van der Waals surface area contributed by atoms with Crippen molar-refractivity contribution in [1.82, 2.24) is 21.3 Å². The minimum Gasteiger partial charge on any atom is -0.315 e. The second kappa shape index (κ2) is 8.03. The molecule has 2 rings (SSSR count). The van der Waals surface area contributed by atoms with Gasteiger partial charge in [0, 0.05) is 25.2 Å². The predicted molar refractivity (Wildman–Crippen MR) is 72.4 cm³/mol. The number of hydrogen-bond donors (Lipinski definition) is 4. The Hall–Kier alpha value is -0.160. The van der Waals surface area contributed by atoms with Gasteiger partial charge in [-0.05, 0) is 58.3 Å². The standard InChI is InChI=1S/C13H28N4/c1-4-12(16-8-1)10-14-6-3-7-15-11-13-5-2-9-17-13/h12-17H,1-11H2. The highest BCUT2D eigenvalue weighted by Crippen LogP contribution is 2.03. The molecular formula is C13H28N4. The normalized spacial score (nSPS) is 28.9. The Kier molecular flexibility index (Phi) is 6.27. The summed E-state index contributed by atoms with van der Waals surface area (Å²) in [5.74, 6) is 0. The third-order valence-corrected chi connectivity index (χ3v) is 3.81. The van der Waals surface area contributed by atoms with Crippen LogP contribution in [0.2, 0.25) is 0 Å². The zero-order chi connectivity index (χ0) is 11.8. The lowest BCUT2D eigenvalue weighted by molar-refractivity contribution is 0.500. The van der Waals surface area contributed by atoms with E-state index < -0.39 is 0 Å². The second-order valence-electron chi connectivity index (χ2n) is 5.35. The van der Waals surface area contributed by atoms with Crippen LogP contribution in [0.15, 0.2) is 0 Å². The molecule has 0 bridgehead atoms. The van der Waals surface area contributed by atoms with Crippen LogP contribution in [0.1, 0.15) is 32.1 Å². The van der Waals surface area contributed by atoms with Crippen molar-refractivity contribution in [2.75, 3.05) is 39.3 Å². The van der Waals surface area contributed by atoms with E-state index >= 15 is 0 Å². The van der Waals surface area contributed by atoms with Gasteiger partial charge in [0.05, 0.1) is 0 Å². The summed E-state index contributed by atoms with van der Waals surface area (Å²) >= 11 is 0. The quantitative estimate of drug-likeness (QED) is 0.453. The molecule has 0 saturated carbocycles. The smallest absolute Gasteiger partial charge is 0.0192 e. The molecule has 0 aromatic heterocycles. The van der Waals surface area contributed by atoms with Gasteiger partial charge < -0.3 is 21.3 Å². The molecule has 2 aliphatic rings. The van der Waals surface area contributed by atoms with Crippen LogP contribution in [-0.4, -0.2) is 51.4 Å². The second-order valence-corrected chi connectivity index (χ2v) is 5.35. The summed E-state index contributed by atoms with van der Waals surface area (Å²) in [6.45, 7) is 6.99. The van der Waals surface area contributed by atoms with Gasteiger partial charge in [-0.25, -0.2) is 0 Å². The van der Waals surface area contributed by atoms with E-state index in [1.807, 2.05) is 0 Å². The third-order valence-electron chi connectivity index (χ3n) is 3.81. The van der Waals surface area contributed by atoms with Crippen molar-refractivity contribution >= 4 is 0 Å². The lowest BCUT2D eigenvalue weighted by atomic mass is 10.2. The molecule has 17 heavy (non-hydrogen) atoms. The summed E-state index contributed by atoms with van der Waals surface area (Å²) in [5, 5.41) is 14.1. The van der Waals surface area contributed by atoms with E-state index in [-0.39, 0.29) is 0 Å². The molecule has 2 atom stereocenters. The van der Waals surface area contributed by atoms with Crippen molar-refractivity contribution in [3.8, 4) is 0 Å². The fraction of sp³-hybridized carbons (Fsp3) is 1.00. The first-order chi connectivity index (χ1) is 8.45. The van der Waals surface area contributed by atoms with Crippen molar-refractivity contribution in [2.45, 2.75) is 44.2 Å². The molecule has 2 unspecified atom stereocenters. The van der Waals surface area contributed by atoms with Crippen LogP contribution in [-0.2, 0) is 0 Å². The molecule has 2 aliphatic heterocycles. The van der Waals surface area contributed by atoms with Gasteiger partial charge in [0.25, 0.3) is 0 Å². The Morgan fingerprint density at radius 3 is 1.76 bits per heavy atom. The molecule has 0 aromatic rings. The molecule has 0 radical (unpaired) electrons. The maximum absolute atomic E-state index is 3.54. The molecule has 0 spiro atoms. The van der Waals surface area contributed by atoms with Crippen LogP contribution in [0.5, 0.6) is 0 Å². The van der Waals surface area contributed by atoms with Gasteiger partial charge >= 0.3 is 0 Å². The first kappa shape index (κ1) is 13.3. The van der Waals surface area contributed by atoms with Crippen molar-refractivity contribution in [1.29, 1.82) is 0 Å². The number of hydrogen-bond acceptors (Lipinski definition) is 4. The van der Waals surface area contributed by atoms with Crippen LogP contribution in [0.3, 0.4) is 0 Å². The maximum Gasteiger partial charge on any atom is 0.0192 e. The van der Waals surface area contributed by atoms with Gasteiger partial charge in [-0.2, -0.15) is 0 Å². The van der Waals surface area contributed by atoms with E-state index in [2.05, 4.69) is 21.3 Å². The van der Waals surface area contributed by atoms with Crippen LogP contribution in [0.25, 0.3) is 0 Å². The number of rotatable bonds is 8. The molecule has 2 saturated heterocycles. The van der Waals surface area contributed by atoms with E-state index in [1.54, 1.807) is 0 Å². The summed E-state index contributed by atoms with van der Waals surface area (Å²) in [5.41, 5.74) is 0. The largest absolute Gasteiger partial charge is 0.315 e. The van der Waals surface area contributed by atoms with Gasteiger partial charge in [-0.3, -0.25) is 0 Å². The highest BCUT2D eigenvalue weighted by Gasteiger charge is 2.13. The van der Waals surface area contributed by atoms with Gasteiger partial charge in [0.2, 0.25) is 0 Å². The zero-order valence-electron chi connectivity index (χ0n) is 10.9. The molecule has 2 heterocycles. The summed E-state index contributed by atoms with van der Waals surface area (Å²) in [7, 11) is 0. The average Bonchev–Trinajstić information content (AvgIpc) is 3.00. The van der Waals surface area contributed by atoms with E-state index in [1.165, 1.54) is 45.2 Å². The highest BCUT2D eigenvalue weighted by molar-refractivity contribution is 4.77. The topological polar surface area (TPSA) is 48.1 Å². The molecule has 0 amide bonds. The Labute approximate surface area is 105 Å². The van der Waals surface area contributed by atoms with Crippen LogP contribution >= 0.6 is 0 Å². The summed E-state index contributed by atoms with van der Waals surface area (Å²) < 4.78 is 0. The van der Waals surface area contributed by atoms with Crippen LogP contribution in [0, 0.1) is 0 Å². The summed E-state index contributed by atoms with van der Waals surface area (Å²) in [6.07, 6.45) is 6.63. The molecule has 4 N–H and O–H groups in total. The van der Waals surface area contributed by atoms with Crippen molar-refractivity contribution in [3.63, 3.8) is 0 Å².